The van der Waals surface area contributed by atoms with E-state index in [-0.39, 0.29) is 11.8 Å². The fourth-order valence-corrected chi connectivity index (χ4v) is 2.24. The molecule has 22 heavy (non-hydrogen) atoms. The monoisotopic (exact) mass is 305 g/mol. The van der Waals surface area contributed by atoms with E-state index in [1.165, 1.54) is 0 Å². The Morgan fingerprint density at radius 2 is 1.86 bits per heavy atom. The van der Waals surface area contributed by atoms with Gasteiger partial charge in [-0.25, -0.2) is 9.97 Å². The summed E-state index contributed by atoms with van der Waals surface area (Å²) in [6.07, 6.45) is 1.59. The summed E-state index contributed by atoms with van der Waals surface area (Å²) in [6, 6.07) is 1.63. The van der Waals surface area contributed by atoms with E-state index >= 15 is 0 Å². The number of amides is 2. The standard InChI is InChI=1S/C15H23N5O2/c1-11(2)10-17-15-16-5-4-13(18-15)14(22)20-8-6-19(7-9-20)12(3)21/h4-5,11H,6-10H2,1-3H3,(H,16,17,18). The predicted molar refractivity (Wildman–Crippen MR) is 83.5 cm³/mol. The first-order valence-corrected chi connectivity index (χ1v) is 7.59. The number of piperazine rings is 1. The minimum Gasteiger partial charge on any atom is -0.354 e. The quantitative estimate of drug-likeness (QED) is 0.892. The molecule has 0 saturated carbocycles. The Hall–Kier alpha value is -2.18. The molecule has 0 aromatic carbocycles. The van der Waals surface area contributed by atoms with Crippen LogP contribution in [0.3, 0.4) is 0 Å². The van der Waals surface area contributed by atoms with E-state index in [9.17, 15) is 9.59 Å². The van der Waals surface area contributed by atoms with Crippen LogP contribution < -0.4 is 5.32 Å². The van der Waals surface area contributed by atoms with E-state index < -0.39 is 0 Å². The van der Waals surface area contributed by atoms with Crippen LogP contribution in [0.2, 0.25) is 0 Å². The molecule has 2 heterocycles. The van der Waals surface area contributed by atoms with Gasteiger partial charge in [-0.05, 0) is 12.0 Å². The van der Waals surface area contributed by atoms with Gasteiger partial charge in [0.25, 0.3) is 5.91 Å². The summed E-state index contributed by atoms with van der Waals surface area (Å²) in [5.41, 5.74) is 0.387. The van der Waals surface area contributed by atoms with Crippen LogP contribution in [0.25, 0.3) is 0 Å². The smallest absolute Gasteiger partial charge is 0.272 e. The van der Waals surface area contributed by atoms with Crippen LogP contribution in [0, 0.1) is 5.92 Å². The van der Waals surface area contributed by atoms with Crippen molar-refractivity contribution in [1.29, 1.82) is 0 Å². The summed E-state index contributed by atoms with van der Waals surface area (Å²) in [5.74, 6) is 0.886. The van der Waals surface area contributed by atoms with Crippen LogP contribution in [0.4, 0.5) is 5.95 Å². The summed E-state index contributed by atoms with van der Waals surface area (Å²) in [7, 11) is 0. The number of nitrogens with one attached hydrogen (secondary N) is 1. The zero-order valence-corrected chi connectivity index (χ0v) is 13.4. The number of anilines is 1. The SMILES string of the molecule is CC(=O)N1CCN(C(=O)c2ccnc(NCC(C)C)n2)CC1. The first kappa shape index (κ1) is 16.2. The van der Waals surface area contributed by atoms with E-state index in [1.807, 2.05) is 0 Å². The number of rotatable bonds is 4. The summed E-state index contributed by atoms with van der Waals surface area (Å²) in [5, 5.41) is 3.12. The summed E-state index contributed by atoms with van der Waals surface area (Å²) in [6.45, 7) is 8.72. The molecular weight excluding hydrogens is 282 g/mol. The summed E-state index contributed by atoms with van der Waals surface area (Å²) >= 11 is 0. The van der Waals surface area contributed by atoms with Crippen LogP contribution >= 0.6 is 0 Å². The van der Waals surface area contributed by atoms with Crippen molar-refractivity contribution < 1.29 is 9.59 Å². The van der Waals surface area contributed by atoms with Crippen LogP contribution in [0.15, 0.2) is 12.3 Å². The molecule has 0 atom stereocenters. The molecule has 2 rings (SSSR count). The fourth-order valence-electron chi connectivity index (χ4n) is 2.24. The molecule has 7 nitrogen and oxygen atoms in total. The van der Waals surface area contributed by atoms with Gasteiger partial charge in [0.1, 0.15) is 5.69 Å². The highest BCUT2D eigenvalue weighted by Crippen LogP contribution is 2.09. The molecule has 1 saturated heterocycles. The van der Waals surface area contributed by atoms with Gasteiger partial charge < -0.3 is 15.1 Å². The molecule has 0 unspecified atom stereocenters. The third-order valence-electron chi connectivity index (χ3n) is 3.56. The number of hydrogen-bond acceptors (Lipinski definition) is 5. The van der Waals surface area contributed by atoms with Crippen molar-refractivity contribution in [1.82, 2.24) is 19.8 Å². The average Bonchev–Trinajstić information content (AvgIpc) is 2.52. The zero-order valence-electron chi connectivity index (χ0n) is 13.4. The van der Waals surface area contributed by atoms with Crippen molar-refractivity contribution in [3.8, 4) is 0 Å². The lowest BCUT2D eigenvalue weighted by molar-refractivity contribution is -0.130. The Balaban J connectivity index is 1.98. The van der Waals surface area contributed by atoms with Crippen molar-refractivity contribution in [2.45, 2.75) is 20.8 Å². The second kappa shape index (κ2) is 7.20. The fraction of sp³-hybridized carbons (Fsp3) is 0.600. The molecule has 0 spiro atoms. The zero-order chi connectivity index (χ0) is 16.1. The predicted octanol–water partition coefficient (Wildman–Crippen LogP) is 0.849. The largest absolute Gasteiger partial charge is 0.354 e. The number of hydrogen-bond donors (Lipinski definition) is 1. The van der Waals surface area contributed by atoms with E-state index in [2.05, 4.69) is 29.1 Å². The molecule has 0 radical (unpaired) electrons. The summed E-state index contributed by atoms with van der Waals surface area (Å²) in [4.78, 5) is 35.7. The Bertz CT molecular complexity index is 538. The molecule has 2 amide bonds. The molecule has 1 aromatic heterocycles. The number of carbonyl (C=O) groups is 2. The van der Waals surface area contributed by atoms with Gasteiger partial charge in [0.2, 0.25) is 11.9 Å². The molecule has 120 valence electrons. The first-order chi connectivity index (χ1) is 10.5. The van der Waals surface area contributed by atoms with Crippen LogP contribution in [-0.4, -0.2) is 64.3 Å². The van der Waals surface area contributed by atoms with E-state index in [4.69, 9.17) is 0 Å². The van der Waals surface area contributed by atoms with Gasteiger partial charge >= 0.3 is 0 Å². The normalized spacial score (nSPS) is 15.1. The molecular formula is C15H23N5O2. The molecule has 1 aliphatic rings. The lowest BCUT2D eigenvalue weighted by Gasteiger charge is -2.34. The van der Waals surface area contributed by atoms with Crippen LogP contribution in [0.1, 0.15) is 31.3 Å². The maximum Gasteiger partial charge on any atom is 0.272 e. The first-order valence-electron chi connectivity index (χ1n) is 7.59. The molecule has 1 fully saturated rings. The summed E-state index contributed by atoms with van der Waals surface area (Å²) < 4.78 is 0. The number of aromatic nitrogens is 2. The number of nitrogens with zero attached hydrogens (tertiary/aromatic N) is 4. The molecule has 1 N–H and O–H groups in total. The van der Waals surface area contributed by atoms with Crippen molar-refractivity contribution in [3.05, 3.63) is 18.0 Å². The molecule has 1 aromatic rings. The average molecular weight is 305 g/mol. The molecule has 7 heteroatoms. The van der Waals surface area contributed by atoms with Gasteiger partial charge in [-0.15, -0.1) is 0 Å². The Kier molecular flexibility index (Phi) is 5.30. The van der Waals surface area contributed by atoms with Gasteiger partial charge in [-0.3, -0.25) is 9.59 Å². The van der Waals surface area contributed by atoms with E-state index in [0.717, 1.165) is 6.54 Å². The molecule has 1 aliphatic heterocycles. The minimum absolute atomic E-state index is 0.0503. The number of carbonyl (C=O) groups excluding carboxylic acids is 2. The minimum atomic E-state index is -0.113. The topological polar surface area (TPSA) is 78.4 Å². The highest BCUT2D eigenvalue weighted by Gasteiger charge is 2.24. The molecule has 0 aliphatic carbocycles. The van der Waals surface area contributed by atoms with Gasteiger partial charge in [0.15, 0.2) is 0 Å². The Morgan fingerprint density at radius 3 is 2.45 bits per heavy atom. The Morgan fingerprint density at radius 1 is 1.23 bits per heavy atom. The maximum atomic E-state index is 12.5. The second-order valence-corrected chi connectivity index (χ2v) is 5.84. The highest BCUT2D eigenvalue weighted by molar-refractivity contribution is 5.92. The third-order valence-corrected chi connectivity index (χ3v) is 3.56. The van der Waals surface area contributed by atoms with Gasteiger partial charge in [0, 0.05) is 45.8 Å². The van der Waals surface area contributed by atoms with Gasteiger partial charge in [-0.2, -0.15) is 0 Å². The van der Waals surface area contributed by atoms with Crippen molar-refractivity contribution >= 4 is 17.8 Å². The van der Waals surface area contributed by atoms with Crippen LogP contribution in [0.5, 0.6) is 0 Å². The van der Waals surface area contributed by atoms with Crippen LogP contribution in [-0.2, 0) is 4.79 Å². The second-order valence-electron chi connectivity index (χ2n) is 5.84. The van der Waals surface area contributed by atoms with E-state index in [0.29, 0.717) is 43.7 Å². The van der Waals surface area contributed by atoms with Crippen molar-refractivity contribution in [2.75, 3.05) is 38.0 Å². The van der Waals surface area contributed by atoms with Gasteiger partial charge in [-0.1, -0.05) is 13.8 Å². The highest BCUT2D eigenvalue weighted by atomic mass is 16.2. The maximum absolute atomic E-state index is 12.5. The van der Waals surface area contributed by atoms with Crippen molar-refractivity contribution in [3.63, 3.8) is 0 Å². The van der Waals surface area contributed by atoms with Crippen molar-refractivity contribution in [2.24, 2.45) is 5.92 Å². The third kappa shape index (κ3) is 4.16. The lowest BCUT2D eigenvalue weighted by atomic mass is 10.2. The lowest BCUT2D eigenvalue weighted by Crippen LogP contribution is -2.50. The Labute approximate surface area is 130 Å². The van der Waals surface area contributed by atoms with Gasteiger partial charge in [0.05, 0.1) is 0 Å². The van der Waals surface area contributed by atoms with E-state index in [1.54, 1.807) is 29.0 Å². The molecule has 0 bridgehead atoms.